The van der Waals surface area contributed by atoms with E-state index in [2.05, 4.69) is 31.5 Å². The van der Waals surface area contributed by atoms with Crippen LogP contribution in [0.3, 0.4) is 0 Å². The van der Waals surface area contributed by atoms with Crippen LogP contribution in [0.1, 0.15) is 12.8 Å². The Morgan fingerprint density at radius 1 is 1.42 bits per heavy atom. The number of anilines is 1. The molecule has 0 saturated carbocycles. The lowest BCUT2D eigenvalue weighted by Gasteiger charge is -2.00. The van der Waals surface area contributed by atoms with Gasteiger partial charge in [-0.2, -0.15) is 0 Å². The maximum Gasteiger partial charge on any atom is 0.226 e. The Labute approximate surface area is 128 Å². The number of halogens is 1. The number of aromatic nitrogens is 1. The first kappa shape index (κ1) is 14.6. The summed E-state index contributed by atoms with van der Waals surface area (Å²) in [6.45, 7) is 0.847. The highest BCUT2D eigenvalue weighted by molar-refractivity contribution is 9.10. The van der Waals surface area contributed by atoms with Gasteiger partial charge in [0.15, 0.2) is 5.13 Å². The fourth-order valence-corrected chi connectivity index (χ4v) is 3.69. The molecule has 0 aromatic carbocycles. The molecule has 2 rings (SSSR count). The first-order valence-corrected chi connectivity index (χ1v) is 8.38. The first-order valence-electron chi connectivity index (χ1n) is 5.83. The van der Waals surface area contributed by atoms with E-state index in [1.807, 2.05) is 23.9 Å². The van der Waals surface area contributed by atoms with Crippen LogP contribution in [0.15, 0.2) is 21.3 Å². The molecule has 0 fully saturated rings. The fourth-order valence-electron chi connectivity index (χ4n) is 1.50. The topological polar surface area (TPSA) is 54.0 Å². The van der Waals surface area contributed by atoms with Crippen molar-refractivity contribution in [2.75, 3.05) is 18.9 Å². The number of amides is 1. The molecule has 0 saturated heterocycles. The van der Waals surface area contributed by atoms with Crippen molar-refractivity contribution >= 4 is 49.6 Å². The molecule has 4 nitrogen and oxygen atoms in total. The van der Waals surface area contributed by atoms with Gasteiger partial charge >= 0.3 is 0 Å². The van der Waals surface area contributed by atoms with Crippen molar-refractivity contribution in [2.45, 2.75) is 12.8 Å². The molecule has 2 heterocycles. The Morgan fingerprint density at radius 2 is 2.26 bits per heavy atom. The molecule has 2 N–H and O–H groups in total. The summed E-state index contributed by atoms with van der Waals surface area (Å²) in [7, 11) is 1.88. The van der Waals surface area contributed by atoms with E-state index in [9.17, 15) is 4.79 Å². The molecule has 0 aliphatic rings. The lowest BCUT2D eigenvalue weighted by molar-refractivity contribution is -0.116. The van der Waals surface area contributed by atoms with Crippen molar-refractivity contribution in [3.63, 3.8) is 0 Å². The van der Waals surface area contributed by atoms with Gasteiger partial charge in [-0.25, -0.2) is 4.98 Å². The van der Waals surface area contributed by atoms with Gasteiger partial charge in [-0.3, -0.25) is 4.79 Å². The summed E-state index contributed by atoms with van der Waals surface area (Å²) in [6, 6.07) is 2.03. The predicted molar refractivity (Wildman–Crippen MR) is 84.9 cm³/mol. The second-order valence-electron chi connectivity index (χ2n) is 3.92. The second-order valence-corrected chi connectivity index (χ2v) is 6.61. The highest BCUT2D eigenvalue weighted by Crippen LogP contribution is 2.31. The molecule has 0 aliphatic heterocycles. The minimum atomic E-state index is 0.0171. The molecule has 0 spiro atoms. The monoisotopic (exact) mass is 359 g/mol. The second kappa shape index (κ2) is 7.14. The van der Waals surface area contributed by atoms with Gasteiger partial charge in [0.25, 0.3) is 0 Å². The highest BCUT2D eigenvalue weighted by Gasteiger charge is 2.09. The summed E-state index contributed by atoms with van der Waals surface area (Å²) in [5, 5.41) is 10.5. The Morgan fingerprint density at radius 3 is 2.95 bits per heavy atom. The molecule has 0 atom stereocenters. The van der Waals surface area contributed by atoms with Gasteiger partial charge < -0.3 is 10.6 Å². The normalized spacial score (nSPS) is 10.6. The molecule has 7 heteroatoms. The number of carbonyl (C=O) groups is 1. The number of carbonyl (C=O) groups excluding carboxylic acids is 1. The minimum absolute atomic E-state index is 0.0171. The van der Waals surface area contributed by atoms with E-state index >= 15 is 0 Å². The number of thiazole rings is 1. The third-order valence-electron chi connectivity index (χ3n) is 2.40. The molecule has 0 radical (unpaired) electrons. The molecular weight excluding hydrogens is 346 g/mol. The van der Waals surface area contributed by atoms with Gasteiger partial charge in [0.2, 0.25) is 5.91 Å². The molecule has 0 unspecified atom stereocenters. The molecule has 19 heavy (non-hydrogen) atoms. The molecule has 0 aliphatic carbocycles. The van der Waals surface area contributed by atoms with E-state index in [4.69, 9.17) is 0 Å². The Kier molecular flexibility index (Phi) is 5.50. The number of nitrogens with one attached hydrogen (secondary N) is 2. The average Bonchev–Trinajstić information content (AvgIpc) is 2.98. The van der Waals surface area contributed by atoms with Crippen LogP contribution in [-0.4, -0.2) is 24.5 Å². The average molecular weight is 360 g/mol. The van der Waals surface area contributed by atoms with E-state index in [1.54, 1.807) is 11.3 Å². The fraction of sp³-hybridized carbons (Fsp3) is 0.333. The zero-order valence-electron chi connectivity index (χ0n) is 10.4. The molecular formula is C12H14BrN3OS2. The van der Waals surface area contributed by atoms with Gasteiger partial charge in [-0.15, -0.1) is 22.7 Å². The van der Waals surface area contributed by atoms with Crippen molar-refractivity contribution in [3.8, 4) is 10.6 Å². The lowest BCUT2D eigenvalue weighted by atomic mass is 10.3. The summed E-state index contributed by atoms with van der Waals surface area (Å²) in [5.41, 5.74) is 0.909. The summed E-state index contributed by atoms with van der Waals surface area (Å²) < 4.78 is 1.05. The molecule has 2 aromatic heterocycles. The van der Waals surface area contributed by atoms with Crippen LogP contribution in [0.25, 0.3) is 10.6 Å². The third-order valence-corrected chi connectivity index (χ3v) is 4.87. The van der Waals surface area contributed by atoms with E-state index in [1.165, 1.54) is 11.3 Å². The maximum atomic E-state index is 11.7. The summed E-state index contributed by atoms with van der Waals surface area (Å²) in [5.74, 6) is 0.0171. The molecule has 1 amide bonds. The van der Waals surface area contributed by atoms with E-state index < -0.39 is 0 Å². The van der Waals surface area contributed by atoms with Crippen LogP contribution in [0, 0.1) is 0 Å². The SMILES string of the molecule is CNCCCC(=O)Nc1nc(-c2cc(Br)cs2)cs1. The van der Waals surface area contributed by atoms with Crippen molar-refractivity contribution in [3.05, 3.63) is 21.3 Å². The molecule has 102 valence electrons. The smallest absolute Gasteiger partial charge is 0.226 e. The zero-order chi connectivity index (χ0) is 13.7. The summed E-state index contributed by atoms with van der Waals surface area (Å²) in [6.07, 6.45) is 1.35. The summed E-state index contributed by atoms with van der Waals surface area (Å²) >= 11 is 6.50. The van der Waals surface area contributed by atoms with Crippen LogP contribution >= 0.6 is 38.6 Å². The molecule has 0 bridgehead atoms. The number of rotatable bonds is 6. The van der Waals surface area contributed by atoms with Crippen LogP contribution in [0.4, 0.5) is 5.13 Å². The molecule has 2 aromatic rings. The predicted octanol–water partition coefficient (Wildman–Crippen LogP) is 3.57. The van der Waals surface area contributed by atoms with Crippen LogP contribution in [-0.2, 0) is 4.79 Å². The zero-order valence-corrected chi connectivity index (χ0v) is 13.6. The van der Waals surface area contributed by atoms with Gasteiger partial charge in [0.1, 0.15) is 0 Å². The lowest BCUT2D eigenvalue weighted by Crippen LogP contribution is -2.15. The van der Waals surface area contributed by atoms with Crippen molar-refractivity contribution in [1.29, 1.82) is 0 Å². The number of hydrogen-bond donors (Lipinski definition) is 2. The van der Waals surface area contributed by atoms with Crippen LogP contribution in [0.2, 0.25) is 0 Å². The standard InChI is InChI=1S/C12H14BrN3OS2/c1-14-4-2-3-11(17)16-12-15-9(7-19-12)10-5-8(13)6-18-10/h5-7,14H,2-4H2,1H3,(H,15,16,17). The number of nitrogens with zero attached hydrogens (tertiary/aromatic N) is 1. The maximum absolute atomic E-state index is 11.7. The van der Waals surface area contributed by atoms with Gasteiger partial charge in [0, 0.05) is 21.7 Å². The van der Waals surface area contributed by atoms with Crippen molar-refractivity contribution < 1.29 is 4.79 Å². The Bertz CT molecular complexity index is 553. The van der Waals surface area contributed by atoms with Crippen molar-refractivity contribution in [1.82, 2.24) is 10.3 Å². The summed E-state index contributed by atoms with van der Waals surface area (Å²) in [4.78, 5) is 17.2. The van der Waals surface area contributed by atoms with Gasteiger partial charge in [-0.1, -0.05) is 0 Å². The largest absolute Gasteiger partial charge is 0.320 e. The first-order chi connectivity index (χ1) is 9.19. The number of hydrogen-bond acceptors (Lipinski definition) is 5. The quantitative estimate of drug-likeness (QED) is 0.775. The Hall–Kier alpha value is -0.760. The highest BCUT2D eigenvalue weighted by atomic mass is 79.9. The van der Waals surface area contributed by atoms with Gasteiger partial charge in [0.05, 0.1) is 10.6 Å². The van der Waals surface area contributed by atoms with Crippen LogP contribution in [0.5, 0.6) is 0 Å². The van der Waals surface area contributed by atoms with E-state index in [-0.39, 0.29) is 5.91 Å². The van der Waals surface area contributed by atoms with Crippen molar-refractivity contribution in [2.24, 2.45) is 0 Å². The van der Waals surface area contributed by atoms with Gasteiger partial charge in [-0.05, 0) is 42.0 Å². The number of thiophene rings is 1. The van der Waals surface area contributed by atoms with E-state index in [0.29, 0.717) is 11.6 Å². The minimum Gasteiger partial charge on any atom is -0.320 e. The van der Waals surface area contributed by atoms with E-state index in [0.717, 1.165) is 28.0 Å². The third kappa shape index (κ3) is 4.38. The van der Waals surface area contributed by atoms with Crippen LogP contribution < -0.4 is 10.6 Å². The Balaban J connectivity index is 1.92.